The van der Waals surface area contributed by atoms with Gasteiger partial charge in [-0.05, 0) is 0 Å². The fourth-order valence-corrected chi connectivity index (χ4v) is 0. The Balaban J connectivity index is 0. The first-order valence-corrected chi connectivity index (χ1v) is 0. The fourth-order valence-electron chi connectivity index (χ4n) is 0. The van der Waals surface area contributed by atoms with E-state index in [1.165, 1.54) is 0 Å². The van der Waals surface area contributed by atoms with Crippen LogP contribution >= 0.6 is 0 Å². The molecule has 4 heteroatoms. The van der Waals surface area contributed by atoms with E-state index < -0.39 is 0 Å². The summed E-state index contributed by atoms with van der Waals surface area (Å²) >= 11 is 0. The summed E-state index contributed by atoms with van der Waals surface area (Å²) in [5.74, 6) is 0. The minimum absolute atomic E-state index is 0. The van der Waals surface area contributed by atoms with Crippen LogP contribution in [0.15, 0.2) is 0 Å². The molecular weight excluding hydrogens is 281 g/mol. The molecule has 0 amide bonds. The van der Waals surface area contributed by atoms with Crippen molar-refractivity contribution in [2.45, 2.75) is 0 Å². The van der Waals surface area contributed by atoms with Crippen LogP contribution in [0.5, 0.6) is 0 Å². The Morgan fingerprint density at radius 3 is 0.500 bits per heavy atom. The molecule has 0 aromatic carbocycles. The summed E-state index contributed by atoms with van der Waals surface area (Å²) in [6.07, 6.45) is 0. The Labute approximate surface area is 55.3 Å². The third-order valence-electron chi connectivity index (χ3n) is 0. The van der Waals surface area contributed by atoms with Gasteiger partial charge in [-0.3, -0.25) is 0 Å². The van der Waals surface area contributed by atoms with Crippen LogP contribution in [0.2, 0.25) is 0 Å². The molecule has 0 aliphatic carbocycles. The predicted octanol–water partition coefficient (Wildman–Crippen LogP) is -3.55. The molecular formula is H9AuSi3. The average Bonchev–Trinajstić information content (AvgIpc) is 0. The van der Waals surface area contributed by atoms with Crippen LogP contribution < -0.4 is 0 Å². The molecule has 4 heavy (non-hydrogen) atoms. The molecule has 0 heterocycles. The predicted molar refractivity (Wildman–Crippen MR) is 29.8 cm³/mol. The average molecular weight is 290 g/mol. The molecule has 0 rings (SSSR count). The van der Waals surface area contributed by atoms with Gasteiger partial charge in [0.1, 0.15) is 0 Å². The number of hydrogen-bond acceptors (Lipinski definition) is 0. The van der Waals surface area contributed by atoms with Crippen molar-refractivity contribution in [1.29, 1.82) is 0 Å². The van der Waals surface area contributed by atoms with E-state index in [1.54, 1.807) is 0 Å². The van der Waals surface area contributed by atoms with Gasteiger partial charge in [-0.25, -0.2) is 0 Å². The van der Waals surface area contributed by atoms with Crippen LogP contribution in [0.25, 0.3) is 0 Å². The largest absolute Gasteiger partial charge is 3.00 e. The van der Waals surface area contributed by atoms with Crippen LogP contribution in [0.1, 0.15) is 0 Å². The summed E-state index contributed by atoms with van der Waals surface area (Å²) in [5.41, 5.74) is 0. The molecule has 0 saturated heterocycles. The monoisotopic (exact) mass is 290 g/mol. The van der Waals surface area contributed by atoms with Crippen molar-refractivity contribution < 1.29 is 22.4 Å². The molecule has 0 aromatic heterocycles. The van der Waals surface area contributed by atoms with Gasteiger partial charge in [-0.2, -0.15) is 0 Å². The van der Waals surface area contributed by atoms with E-state index in [1.807, 2.05) is 0 Å². The van der Waals surface area contributed by atoms with Gasteiger partial charge < -0.3 is 32.9 Å². The molecule has 0 radical (unpaired) electrons. The van der Waals surface area contributed by atoms with Crippen molar-refractivity contribution in [3.8, 4) is 0 Å². The van der Waals surface area contributed by atoms with E-state index in [4.69, 9.17) is 0 Å². The van der Waals surface area contributed by atoms with Gasteiger partial charge >= 0.3 is 22.4 Å². The van der Waals surface area contributed by atoms with E-state index in [2.05, 4.69) is 0 Å². The van der Waals surface area contributed by atoms with Crippen molar-refractivity contribution >= 4 is 32.9 Å². The van der Waals surface area contributed by atoms with Gasteiger partial charge in [-0.1, -0.05) is 0 Å². The van der Waals surface area contributed by atoms with Crippen LogP contribution in [0.4, 0.5) is 0 Å². The summed E-state index contributed by atoms with van der Waals surface area (Å²) in [6, 6.07) is 0. The molecule has 32 valence electrons. The van der Waals surface area contributed by atoms with E-state index >= 15 is 0 Å². The molecule has 0 aliphatic rings. The molecule has 0 saturated carbocycles. The fraction of sp³-hybridized carbons (Fsp3) is 0. The first kappa shape index (κ1) is 53.7. The molecule has 0 nitrogen and oxygen atoms in total. The third-order valence-corrected chi connectivity index (χ3v) is 0. The summed E-state index contributed by atoms with van der Waals surface area (Å²) in [6.45, 7) is 0. The molecule has 0 bridgehead atoms. The Morgan fingerprint density at radius 2 is 0.500 bits per heavy atom. The Bertz CT molecular complexity index is 3.25. The summed E-state index contributed by atoms with van der Waals surface area (Å²) in [5, 5.41) is 0. The molecule has 0 fully saturated rings. The quantitative estimate of drug-likeness (QED) is 0.405. The van der Waals surface area contributed by atoms with Crippen molar-refractivity contribution in [1.82, 2.24) is 0 Å². The van der Waals surface area contributed by atoms with E-state index in [0.717, 1.165) is 0 Å². The molecule has 0 N–H and O–H groups in total. The molecule has 0 atom stereocenters. The maximum atomic E-state index is 0. The summed E-state index contributed by atoms with van der Waals surface area (Å²) in [7, 11) is 0. The first-order valence-electron chi connectivity index (χ1n) is 0. The standard InChI is InChI=1S/Au.3H3Si/h;3*1H3/q+3;3*-1. The van der Waals surface area contributed by atoms with Crippen LogP contribution in [-0.4, -0.2) is 32.9 Å². The zero-order chi connectivity index (χ0) is 0. The van der Waals surface area contributed by atoms with Crippen molar-refractivity contribution in [2.75, 3.05) is 0 Å². The molecule has 0 unspecified atom stereocenters. The van der Waals surface area contributed by atoms with Crippen molar-refractivity contribution in [3.05, 3.63) is 0 Å². The van der Waals surface area contributed by atoms with Gasteiger partial charge in [0.2, 0.25) is 0 Å². The van der Waals surface area contributed by atoms with Crippen LogP contribution in [0.3, 0.4) is 0 Å². The third kappa shape index (κ3) is 10.0. The maximum absolute atomic E-state index is 0. The van der Waals surface area contributed by atoms with Gasteiger partial charge in [0.25, 0.3) is 0 Å². The van der Waals surface area contributed by atoms with Crippen molar-refractivity contribution in [3.63, 3.8) is 0 Å². The van der Waals surface area contributed by atoms with E-state index in [9.17, 15) is 0 Å². The zero-order valence-electron chi connectivity index (χ0n) is 3.30. The molecule has 0 aromatic rings. The van der Waals surface area contributed by atoms with Gasteiger partial charge in [0, 0.05) is 0 Å². The normalized spacial score (nSPS) is 0. The molecule has 0 spiro atoms. The van der Waals surface area contributed by atoms with Gasteiger partial charge in [0.05, 0.1) is 0 Å². The van der Waals surface area contributed by atoms with Gasteiger partial charge in [0.15, 0.2) is 0 Å². The van der Waals surface area contributed by atoms with Crippen LogP contribution in [-0.2, 0) is 22.4 Å². The Morgan fingerprint density at radius 1 is 0.500 bits per heavy atom. The topological polar surface area (TPSA) is 0 Å². The minimum atomic E-state index is 0. The van der Waals surface area contributed by atoms with E-state index in [0.29, 0.717) is 0 Å². The number of hydrogen-bond donors (Lipinski definition) is 0. The van der Waals surface area contributed by atoms with Crippen molar-refractivity contribution in [2.24, 2.45) is 0 Å². The zero-order valence-corrected chi connectivity index (χ0v) is 11.5. The Hall–Kier alpha value is 1.39. The number of rotatable bonds is 0. The molecule has 0 aliphatic heterocycles. The summed E-state index contributed by atoms with van der Waals surface area (Å²) < 4.78 is 0. The Kier molecular flexibility index (Phi) is 351. The second-order valence-electron chi connectivity index (χ2n) is 0. The smallest absolute Gasteiger partial charge is 0.314 e. The summed E-state index contributed by atoms with van der Waals surface area (Å²) in [4.78, 5) is 0. The van der Waals surface area contributed by atoms with Crippen LogP contribution in [0, 0.1) is 0 Å². The second kappa shape index (κ2) is 26.1. The SMILES string of the molecule is [Au+3].[SiH3-].[SiH3-].[SiH3-]. The van der Waals surface area contributed by atoms with Gasteiger partial charge in [-0.15, -0.1) is 0 Å². The maximum Gasteiger partial charge on any atom is 3.00 e. The second-order valence-corrected chi connectivity index (χ2v) is 0. The van der Waals surface area contributed by atoms with E-state index in [-0.39, 0.29) is 55.3 Å². The minimum Gasteiger partial charge on any atom is -0.314 e. The first-order chi connectivity index (χ1) is 0.